The Morgan fingerprint density at radius 1 is 1.05 bits per heavy atom. The Kier molecular flexibility index (Phi) is 3.07. The lowest BCUT2D eigenvalue weighted by molar-refractivity contribution is 0.100. The van der Waals surface area contributed by atoms with Gasteiger partial charge in [0.25, 0.3) is 0 Å². The number of rotatable bonds is 3. The number of primary amides is 1. The molecule has 3 aromatic rings. The molecular formula is C14H11N5O2. The van der Waals surface area contributed by atoms with Crippen LogP contribution in [0.3, 0.4) is 0 Å². The number of amides is 1. The lowest BCUT2D eigenvalue weighted by Gasteiger charge is -2.06. The molecule has 2 aromatic heterocycles. The molecule has 3 rings (SSSR count). The molecule has 7 heteroatoms. The largest absolute Gasteiger partial charge is 0.439 e. The van der Waals surface area contributed by atoms with Crippen molar-refractivity contribution in [2.75, 3.05) is 5.73 Å². The molecule has 0 unspecified atom stereocenters. The number of benzene rings is 1. The highest BCUT2D eigenvalue weighted by Crippen LogP contribution is 2.23. The standard InChI is InChI=1S/C14H11N5O2/c15-13-12-10(17-7-18-13)5-6-11(19-12)21-9-3-1-8(2-4-9)14(16)20/h1-7H,(H2,16,20)(H2,15,17,18). The van der Waals surface area contributed by atoms with Crippen molar-refractivity contribution in [2.45, 2.75) is 0 Å². The van der Waals surface area contributed by atoms with Gasteiger partial charge in [-0.05, 0) is 30.3 Å². The van der Waals surface area contributed by atoms with Crippen LogP contribution in [0.15, 0.2) is 42.7 Å². The lowest BCUT2D eigenvalue weighted by atomic mass is 10.2. The molecule has 1 amide bonds. The summed E-state index contributed by atoms with van der Waals surface area (Å²) < 4.78 is 5.60. The van der Waals surface area contributed by atoms with Gasteiger partial charge >= 0.3 is 0 Å². The van der Waals surface area contributed by atoms with E-state index in [2.05, 4.69) is 15.0 Å². The van der Waals surface area contributed by atoms with E-state index in [0.29, 0.717) is 28.2 Å². The van der Waals surface area contributed by atoms with Crippen molar-refractivity contribution in [3.63, 3.8) is 0 Å². The van der Waals surface area contributed by atoms with Crippen LogP contribution in [-0.4, -0.2) is 20.9 Å². The van der Waals surface area contributed by atoms with Gasteiger partial charge in [0, 0.05) is 11.6 Å². The van der Waals surface area contributed by atoms with E-state index >= 15 is 0 Å². The lowest BCUT2D eigenvalue weighted by Crippen LogP contribution is -2.10. The number of nitrogen functional groups attached to an aromatic ring is 1. The van der Waals surface area contributed by atoms with E-state index in [1.54, 1.807) is 36.4 Å². The summed E-state index contributed by atoms with van der Waals surface area (Å²) in [5.41, 5.74) is 12.4. The van der Waals surface area contributed by atoms with E-state index in [1.807, 2.05) is 0 Å². The highest BCUT2D eigenvalue weighted by molar-refractivity contribution is 5.92. The van der Waals surface area contributed by atoms with E-state index in [9.17, 15) is 4.79 Å². The van der Waals surface area contributed by atoms with Crippen LogP contribution in [0.25, 0.3) is 11.0 Å². The molecule has 104 valence electrons. The topological polar surface area (TPSA) is 117 Å². The van der Waals surface area contributed by atoms with Crippen LogP contribution in [0.2, 0.25) is 0 Å². The molecule has 4 N–H and O–H groups in total. The summed E-state index contributed by atoms with van der Waals surface area (Å²) in [5, 5.41) is 0. The summed E-state index contributed by atoms with van der Waals surface area (Å²) in [7, 11) is 0. The number of anilines is 1. The summed E-state index contributed by atoms with van der Waals surface area (Å²) in [4.78, 5) is 23.2. The average Bonchev–Trinajstić information content (AvgIpc) is 2.49. The first-order valence-corrected chi connectivity index (χ1v) is 6.08. The van der Waals surface area contributed by atoms with Crippen molar-refractivity contribution < 1.29 is 9.53 Å². The Morgan fingerprint density at radius 3 is 2.52 bits per heavy atom. The van der Waals surface area contributed by atoms with Crippen LogP contribution in [-0.2, 0) is 0 Å². The zero-order valence-electron chi connectivity index (χ0n) is 10.9. The number of aromatic nitrogens is 3. The van der Waals surface area contributed by atoms with Crippen molar-refractivity contribution in [3.8, 4) is 11.6 Å². The Balaban J connectivity index is 1.91. The van der Waals surface area contributed by atoms with Gasteiger partial charge < -0.3 is 16.2 Å². The minimum atomic E-state index is -0.490. The van der Waals surface area contributed by atoms with Crippen LogP contribution in [0.1, 0.15) is 10.4 Å². The molecule has 21 heavy (non-hydrogen) atoms. The number of ether oxygens (including phenoxy) is 1. The fourth-order valence-corrected chi connectivity index (χ4v) is 1.81. The van der Waals surface area contributed by atoms with Gasteiger partial charge in [-0.1, -0.05) is 0 Å². The monoisotopic (exact) mass is 281 g/mol. The first-order valence-electron chi connectivity index (χ1n) is 6.08. The second-order valence-corrected chi connectivity index (χ2v) is 4.27. The summed E-state index contributed by atoms with van der Waals surface area (Å²) in [6.07, 6.45) is 1.38. The summed E-state index contributed by atoms with van der Waals surface area (Å²) in [6.45, 7) is 0. The zero-order chi connectivity index (χ0) is 14.8. The molecule has 1 aromatic carbocycles. The first kappa shape index (κ1) is 12.8. The molecule has 0 saturated carbocycles. The second kappa shape index (κ2) is 5.04. The van der Waals surface area contributed by atoms with Gasteiger partial charge in [0.05, 0.1) is 5.52 Å². The number of hydrogen-bond acceptors (Lipinski definition) is 6. The van der Waals surface area contributed by atoms with E-state index in [0.717, 1.165) is 0 Å². The Bertz CT molecular complexity index is 817. The van der Waals surface area contributed by atoms with Crippen molar-refractivity contribution in [3.05, 3.63) is 48.3 Å². The smallest absolute Gasteiger partial charge is 0.248 e. The molecule has 0 radical (unpaired) electrons. The van der Waals surface area contributed by atoms with Crippen LogP contribution in [0, 0.1) is 0 Å². The molecule has 0 aliphatic rings. The van der Waals surface area contributed by atoms with E-state index in [4.69, 9.17) is 16.2 Å². The molecule has 0 saturated heterocycles. The predicted octanol–water partition coefficient (Wildman–Crippen LogP) is 1.50. The number of nitrogens with two attached hydrogens (primary N) is 2. The molecule has 0 aliphatic heterocycles. The van der Waals surface area contributed by atoms with Crippen molar-refractivity contribution in [1.82, 2.24) is 15.0 Å². The fraction of sp³-hybridized carbons (Fsp3) is 0. The summed E-state index contributed by atoms with van der Waals surface area (Å²) in [6, 6.07) is 9.85. The van der Waals surface area contributed by atoms with Crippen LogP contribution in [0.5, 0.6) is 11.6 Å². The number of nitrogens with zero attached hydrogens (tertiary/aromatic N) is 3. The Morgan fingerprint density at radius 2 is 1.81 bits per heavy atom. The third-order valence-corrected chi connectivity index (χ3v) is 2.85. The zero-order valence-corrected chi connectivity index (χ0v) is 10.9. The molecule has 0 atom stereocenters. The molecule has 0 fully saturated rings. The third kappa shape index (κ3) is 2.57. The SMILES string of the molecule is NC(=O)c1ccc(Oc2ccc3ncnc(N)c3n2)cc1. The molecular weight excluding hydrogens is 270 g/mol. The number of hydrogen-bond donors (Lipinski definition) is 2. The van der Waals surface area contributed by atoms with Crippen molar-refractivity contribution >= 4 is 22.8 Å². The maximum absolute atomic E-state index is 11.0. The maximum atomic E-state index is 11.0. The van der Waals surface area contributed by atoms with Crippen LogP contribution in [0.4, 0.5) is 5.82 Å². The van der Waals surface area contributed by atoms with E-state index in [-0.39, 0.29) is 5.82 Å². The first-order chi connectivity index (χ1) is 10.1. The van der Waals surface area contributed by atoms with E-state index in [1.165, 1.54) is 6.33 Å². The van der Waals surface area contributed by atoms with Crippen molar-refractivity contribution in [1.29, 1.82) is 0 Å². The highest BCUT2D eigenvalue weighted by atomic mass is 16.5. The molecule has 0 spiro atoms. The average molecular weight is 281 g/mol. The van der Waals surface area contributed by atoms with Gasteiger partial charge in [0.15, 0.2) is 5.82 Å². The van der Waals surface area contributed by atoms with Gasteiger partial charge in [-0.2, -0.15) is 0 Å². The summed E-state index contributed by atoms with van der Waals surface area (Å²) in [5.74, 6) is 0.683. The van der Waals surface area contributed by atoms with Gasteiger partial charge in [-0.15, -0.1) is 0 Å². The Labute approximate surface area is 119 Å². The second-order valence-electron chi connectivity index (χ2n) is 4.27. The van der Waals surface area contributed by atoms with Gasteiger partial charge in [-0.25, -0.2) is 15.0 Å². The van der Waals surface area contributed by atoms with Gasteiger partial charge in [0.2, 0.25) is 11.8 Å². The number of fused-ring (bicyclic) bond motifs is 1. The normalized spacial score (nSPS) is 10.5. The quantitative estimate of drug-likeness (QED) is 0.751. The van der Waals surface area contributed by atoms with E-state index < -0.39 is 5.91 Å². The van der Waals surface area contributed by atoms with Gasteiger partial charge in [0.1, 0.15) is 17.6 Å². The molecule has 2 heterocycles. The van der Waals surface area contributed by atoms with Crippen LogP contribution < -0.4 is 16.2 Å². The minimum Gasteiger partial charge on any atom is -0.439 e. The highest BCUT2D eigenvalue weighted by Gasteiger charge is 2.06. The number of pyridine rings is 1. The summed E-state index contributed by atoms with van der Waals surface area (Å²) >= 11 is 0. The third-order valence-electron chi connectivity index (χ3n) is 2.85. The maximum Gasteiger partial charge on any atom is 0.248 e. The predicted molar refractivity (Wildman–Crippen MR) is 76.8 cm³/mol. The minimum absolute atomic E-state index is 0.287. The Hall–Kier alpha value is -3.22. The molecule has 0 aliphatic carbocycles. The van der Waals surface area contributed by atoms with Gasteiger partial charge in [-0.3, -0.25) is 4.79 Å². The number of carbonyl (C=O) groups excluding carboxylic acids is 1. The van der Waals surface area contributed by atoms with Crippen LogP contribution >= 0.6 is 0 Å². The number of carbonyl (C=O) groups is 1. The molecule has 7 nitrogen and oxygen atoms in total. The molecule has 0 bridgehead atoms. The van der Waals surface area contributed by atoms with Crippen molar-refractivity contribution in [2.24, 2.45) is 5.73 Å². The fourth-order valence-electron chi connectivity index (χ4n) is 1.81.